The number of alkyl halides is 3. The van der Waals surface area contributed by atoms with Crippen LogP contribution in [0.25, 0.3) is 11.0 Å². The minimum atomic E-state index is -5.03. The molecule has 1 fully saturated rings. The first-order valence-electron chi connectivity index (χ1n) is 15.4. The van der Waals surface area contributed by atoms with Crippen molar-refractivity contribution < 1.29 is 31.9 Å². The molecule has 3 aromatic carbocycles. The molecule has 5 rings (SSSR count). The van der Waals surface area contributed by atoms with Gasteiger partial charge in [0.25, 0.3) is 5.76 Å². The number of piperidine rings is 1. The van der Waals surface area contributed by atoms with Crippen LogP contribution in [0.2, 0.25) is 0 Å². The molecule has 6 nitrogen and oxygen atoms in total. The number of benzene rings is 3. The molecule has 0 N–H and O–H groups in total. The molecule has 1 aliphatic rings. The molecule has 1 aliphatic heterocycles. The molecule has 0 amide bonds. The summed E-state index contributed by atoms with van der Waals surface area (Å²) < 4.78 is 60.3. The highest BCUT2D eigenvalue weighted by Gasteiger charge is 2.41. The maximum absolute atomic E-state index is 14.5. The van der Waals surface area contributed by atoms with Crippen molar-refractivity contribution in [3.05, 3.63) is 98.9 Å². The number of fused-ring (bicyclic) bond motifs is 1. The van der Waals surface area contributed by atoms with E-state index in [-0.39, 0.29) is 45.6 Å². The van der Waals surface area contributed by atoms with E-state index in [1.54, 1.807) is 24.3 Å². The van der Waals surface area contributed by atoms with Crippen molar-refractivity contribution in [1.29, 1.82) is 0 Å². The number of rotatable bonds is 8. The Morgan fingerprint density at radius 2 is 1.58 bits per heavy atom. The molecule has 9 heteroatoms. The first-order valence-corrected chi connectivity index (χ1v) is 15.4. The molecule has 45 heavy (non-hydrogen) atoms. The molecule has 1 aromatic heterocycles. The Labute approximate surface area is 260 Å². The Kier molecular flexibility index (Phi) is 9.39. The zero-order valence-electron chi connectivity index (χ0n) is 26.1. The van der Waals surface area contributed by atoms with Crippen molar-refractivity contribution in [1.82, 2.24) is 4.90 Å². The number of halogens is 3. The van der Waals surface area contributed by atoms with Crippen LogP contribution in [0.5, 0.6) is 17.2 Å². The highest BCUT2D eigenvalue weighted by molar-refractivity contribution is 5.92. The summed E-state index contributed by atoms with van der Waals surface area (Å²) in [5.41, 5.74) is 1.17. The largest absolute Gasteiger partial charge is 0.453 e. The second-order valence-electron chi connectivity index (χ2n) is 12.6. The lowest BCUT2D eigenvalue weighted by Gasteiger charge is -2.27. The molecule has 2 heterocycles. The summed E-state index contributed by atoms with van der Waals surface area (Å²) in [5, 5.41) is -0.0954. The van der Waals surface area contributed by atoms with Gasteiger partial charge in [0.1, 0.15) is 17.1 Å². The standard InChI is InChI=1S/C36H38F3NO5/c1-5-9-23-10-16-26(17-11-23)43-32-30(41)27-18-19-29(44-34(42)24-12-14-25(15-13-24)35(2,3)4)28(22-40-20-7-6-8-21-40)31(27)45-33(32)36(37,38)39/h10-19H,5-9,20-22H2,1-4H3. The number of hydrogen-bond acceptors (Lipinski definition) is 6. The Hall–Kier alpha value is -4.11. The molecule has 0 radical (unpaired) electrons. The van der Waals surface area contributed by atoms with E-state index in [0.717, 1.165) is 43.2 Å². The molecule has 0 spiro atoms. The van der Waals surface area contributed by atoms with Gasteiger partial charge in [0.05, 0.1) is 16.5 Å². The molecule has 0 bridgehead atoms. The second-order valence-corrected chi connectivity index (χ2v) is 12.6. The Morgan fingerprint density at radius 1 is 0.911 bits per heavy atom. The van der Waals surface area contributed by atoms with Crippen LogP contribution < -0.4 is 14.9 Å². The third-order valence-corrected chi connectivity index (χ3v) is 8.04. The topological polar surface area (TPSA) is 69.0 Å². The smallest absolute Gasteiger partial charge is 0.449 e. The number of likely N-dealkylation sites (tertiary alicyclic amines) is 1. The van der Waals surface area contributed by atoms with Gasteiger partial charge in [0.2, 0.25) is 11.2 Å². The summed E-state index contributed by atoms with van der Waals surface area (Å²) in [6.07, 6.45) is -0.422. The fourth-order valence-electron chi connectivity index (χ4n) is 5.54. The zero-order valence-corrected chi connectivity index (χ0v) is 26.1. The van der Waals surface area contributed by atoms with Gasteiger partial charge < -0.3 is 13.9 Å². The van der Waals surface area contributed by atoms with Gasteiger partial charge in [0.15, 0.2) is 0 Å². The lowest BCUT2D eigenvalue weighted by atomic mass is 9.87. The van der Waals surface area contributed by atoms with Crippen molar-refractivity contribution in [3.63, 3.8) is 0 Å². The molecule has 0 atom stereocenters. The van der Waals surface area contributed by atoms with E-state index in [0.29, 0.717) is 13.1 Å². The number of nitrogens with zero attached hydrogens (tertiary/aromatic N) is 1. The van der Waals surface area contributed by atoms with Gasteiger partial charge in [-0.1, -0.05) is 64.8 Å². The van der Waals surface area contributed by atoms with Crippen molar-refractivity contribution in [2.75, 3.05) is 13.1 Å². The van der Waals surface area contributed by atoms with Gasteiger partial charge in [-0.25, -0.2) is 4.79 Å². The van der Waals surface area contributed by atoms with Crippen molar-refractivity contribution in [2.45, 2.75) is 77.9 Å². The highest BCUT2D eigenvalue weighted by Crippen LogP contribution is 2.40. The molecule has 0 unspecified atom stereocenters. The fourth-order valence-corrected chi connectivity index (χ4v) is 5.54. The predicted octanol–water partition coefficient (Wildman–Crippen LogP) is 9.06. The van der Waals surface area contributed by atoms with E-state index >= 15 is 0 Å². The Bertz CT molecular complexity index is 1710. The third kappa shape index (κ3) is 7.41. The molecule has 1 saturated heterocycles. The summed E-state index contributed by atoms with van der Waals surface area (Å²) in [6, 6.07) is 16.4. The average Bonchev–Trinajstić information content (AvgIpc) is 3.00. The first kappa shape index (κ1) is 32.3. The first-order chi connectivity index (χ1) is 21.3. The molecule has 0 saturated carbocycles. The molecular weight excluding hydrogens is 583 g/mol. The Balaban J connectivity index is 1.59. The third-order valence-electron chi connectivity index (χ3n) is 8.04. The number of carbonyl (C=O) groups is 1. The van der Waals surface area contributed by atoms with Crippen LogP contribution in [-0.4, -0.2) is 24.0 Å². The van der Waals surface area contributed by atoms with Crippen LogP contribution in [0.4, 0.5) is 13.2 Å². The molecule has 4 aromatic rings. The summed E-state index contributed by atoms with van der Waals surface area (Å²) >= 11 is 0. The van der Waals surface area contributed by atoms with Crippen molar-refractivity contribution in [3.8, 4) is 17.2 Å². The summed E-state index contributed by atoms with van der Waals surface area (Å²) in [7, 11) is 0. The van der Waals surface area contributed by atoms with Gasteiger partial charge in [0, 0.05) is 6.54 Å². The van der Waals surface area contributed by atoms with Crippen LogP contribution in [0.15, 0.2) is 69.9 Å². The maximum Gasteiger partial charge on any atom is 0.453 e. The molecule has 238 valence electrons. The quantitative estimate of drug-likeness (QED) is 0.144. The summed E-state index contributed by atoms with van der Waals surface area (Å²) in [5.74, 6) is -3.03. The SMILES string of the molecule is CCCc1ccc(Oc2c(C(F)(F)F)oc3c(CN4CCCCC4)c(OC(=O)c4ccc(C(C)(C)C)cc4)ccc3c2=O)cc1. The van der Waals surface area contributed by atoms with Gasteiger partial charge in [-0.2, -0.15) is 13.2 Å². The molecule has 0 aliphatic carbocycles. The normalized spacial score (nSPS) is 14.5. The van der Waals surface area contributed by atoms with Gasteiger partial charge >= 0.3 is 12.1 Å². The fraction of sp³-hybridized carbons (Fsp3) is 0.389. The minimum absolute atomic E-state index is 0.0365. The highest BCUT2D eigenvalue weighted by atomic mass is 19.4. The minimum Gasteiger partial charge on any atom is -0.449 e. The Morgan fingerprint density at radius 3 is 2.18 bits per heavy atom. The van der Waals surface area contributed by atoms with Crippen LogP contribution in [-0.2, 0) is 24.6 Å². The van der Waals surface area contributed by atoms with Crippen LogP contribution in [0.1, 0.15) is 86.2 Å². The van der Waals surface area contributed by atoms with E-state index in [1.165, 1.54) is 24.3 Å². The number of esters is 1. The zero-order chi connectivity index (χ0) is 32.4. The second kappa shape index (κ2) is 13.1. The number of ether oxygens (including phenoxy) is 2. The number of carbonyl (C=O) groups excluding carboxylic acids is 1. The van der Waals surface area contributed by atoms with E-state index < -0.39 is 29.1 Å². The lowest BCUT2D eigenvalue weighted by Crippen LogP contribution is -2.29. The van der Waals surface area contributed by atoms with Crippen molar-refractivity contribution >= 4 is 16.9 Å². The van der Waals surface area contributed by atoms with E-state index in [4.69, 9.17) is 13.9 Å². The number of aryl methyl sites for hydroxylation is 1. The molecular formula is C36H38F3NO5. The van der Waals surface area contributed by atoms with Crippen LogP contribution in [0.3, 0.4) is 0 Å². The average molecular weight is 622 g/mol. The lowest BCUT2D eigenvalue weighted by molar-refractivity contribution is -0.154. The van der Waals surface area contributed by atoms with Crippen LogP contribution in [0, 0.1) is 0 Å². The van der Waals surface area contributed by atoms with Gasteiger partial charge in [-0.3, -0.25) is 9.69 Å². The van der Waals surface area contributed by atoms with Crippen molar-refractivity contribution in [2.24, 2.45) is 0 Å². The predicted molar refractivity (Wildman–Crippen MR) is 167 cm³/mol. The van der Waals surface area contributed by atoms with Gasteiger partial charge in [-0.05, 0) is 85.3 Å². The summed E-state index contributed by atoms with van der Waals surface area (Å²) in [6.45, 7) is 9.77. The summed E-state index contributed by atoms with van der Waals surface area (Å²) in [4.78, 5) is 29.0. The monoisotopic (exact) mass is 621 g/mol. The number of hydrogen-bond donors (Lipinski definition) is 0. The van der Waals surface area contributed by atoms with E-state index in [2.05, 4.69) is 25.7 Å². The maximum atomic E-state index is 14.5. The van der Waals surface area contributed by atoms with E-state index in [9.17, 15) is 22.8 Å². The van der Waals surface area contributed by atoms with Crippen LogP contribution >= 0.6 is 0 Å². The van der Waals surface area contributed by atoms with E-state index in [1.807, 2.05) is 19.1 Å². The van der Waals surface area contributed by atoms with Gasteiger partial charge in [-0.15, -0.1) is 0 Å².